The summed E-state index contributed by atoms with van der Waals surface area (Å²) < 4.78 is 5.37. The number of nitrogens with one attached hydrogen (secondary N) is 2. The summed E-state index contributed by atoms with van der Waals surface area (Å²) in [5.74, 6) is 0.907. The third kappa shape index (κ3) is 8.65. The van der Waals surface area contributed by atoms with Gasteiger partial charge in [-0.1, -0.05) is 0 Å². The van der Waals surface area contributed by atoms with Gasteiger partial charge in [0.1, 0.15) is 0 Å². The van der Waals surface area contributed by atoms with Gasteiger partial charge in [0.25, 0.3) is 0 Å². The number of hydrogen-bond acceptors (Lipinski definition) is 5. The van der Waals surface area contributed by atoms with E-state index in [4.69, 9.17) is 4.74 Å². The number of aliphatic imine (C=N–C) groups is 1. The van der Waals surface area contributed by atoms with E-state index in [1.54, 1.807) is 11.3 Å². The Morgan fingerprint density at radius 2 is 2.04 bits per heavy atom. The maximum atomic E-state index is 5.37. The van der Waals surface area contributed by atoms with Gasteiger partial charge < -0.3 is 15.4 Å². The van der Waals surface area contributed by atoms with E-state index in [9.17, 15) is 0 Å². The first kappa shape index (κ1) is 22.6. The van der Waals surface area contributed by atoms with Gasteiger partial charge in [0.2, 0.25) is 0 Å². The molecule has 0 saturated carbocycles. The fourth-order valence-electron chi connectivity index (χ4n) is 2.59. The molecule has 144 valence electrons. The lowest BCUT2D eigenvalue weighted by atomic mass is 10.3. The summed E-state index contributed by atoms with van der Waals surface area (Å²) in [6, 6.07) is 0. The Morgan fingerprint density at radius 1 is 1.28 bits per heavy atom. The molecule has 6 nitrogen and oxygen atoms in total. The standard InChI is InChI=1S/C17H31N5OS.HI/c1-4-18-17(19-7-5-9-22-10-12-23-13-11-22)20-8-6-16-21-14(2)15(3)24-16;/h4-13H2,1-3H3,(H2,18,19,20);1H. The lowest BCUT2D eigenvalue weighted by Gasteiger charge is -2.26. The Labute approximate surface area is 172 Å². The molecule has 2 N–H and O–H groups in total. The molecule has 0 amide bonds. The van der Waals surface area contributed by atoms with Gasteiger partial charge in [-0.15, -0.1) is 35.3 Å². The molecule has 0 atom stereocenters. The van der Waals surface area contributed by atoms with E-state index in [0.29, 0.717) is 0 Å². The number of aryl methyl sites for hydroxylation is 2. The summed E-state index contributed by atoms with van der Waals surface area (Å²) in [5.41, 5.74) is 1.15. The van der Waals surface area contributed by atoms with Crippen molar-refractivity contribution in [2.24, 2.45) is 4.99 Å². The van der Waals surface area contributed by atoms with Gasteiger partial charge in [-0.05, 0) is 27.2 Å². The lowest BCUT2D eigenvalue weighted by molar-refractivity contribution is 0.0377. The van der Waals surface area contributed by atoms with Crippen molar-refractivity contribution in [3.63, 3.8) is 0 Å². The Morgan fingerprint density at radius 3 is 2.68 bits per heavy atom. The minimum absolute atomic E-state index is 0. The Bertz CT molecular complexity index is 498. The van der Waals surface area contributed by atoms with Gasteiger partial charge in [-0.25, -0.2) is 4.98 Å². The van der Waals surface area contributed by atoms with E-state index in [2.05, 4.69) is 46.3 Å². The van der Waals surface area contributed by atoms with Crippen molar-refractivity contribution in [1.29, 1.82) is 0 Å². The zero-order chi connectivity index (χ0) is 17.2. The summed E-state index contributed by atoms with van der Waals surface area (Å²) in [7, 11) is 0. The molecule has 1 saturated heterocycles. The van der Waals surface area contributed by atoms with Gasteiger partial charge in [0.05, 0.1) is 23.9 Å². The van der Waals surface area contributed by atoms with E-state index in [1.165, 1.54) is 9.88 Å². The highest BCUT2D eigenvalue weighted by Crippen LogP contribution is 2.16. The van der Waals surface area contributed by atoms with Crippen molar-refractivity contribution in [2.45, 2.75) is 33.6 Å². The molecule has 0 unspecified atom stereocenters. The zero-order valence-electron chi connectivity index (χ0n) is 15.6. The number of aromatic nitrogens is 1. The van der Waals surface area contributed by atoms with Gasteiger partial charge >= 0.3 is 0 Å². The minimum Gasteiger partial charge on any atom is -0.379 e. The highest BCUT2D eigenvalue weighted by Gasteiger charge is 2.09. The first-order valence-electron chi connectivity index (χ1n) is 8.94. The number of ether oxygens (including phenoxy) is 1. The second-order valence-electron chi connectivity index (χ2n) is 5.99. The molecule has 8 heteroatoms. The van der Waals surface area contributed by atoms with E-state index < -0.39 is 0 Å². The van der Waals surface area contributed by atoms with E-state index in [1.807, 2.05) is 0 Å². The van der Waals surface area contributed by atoms with Gasteiger partial charge in [0, 0.05) is 50.6 Å². The van der Waals surface area contributed by atoms with Crippen molar-refractivity contribution in [3.8, 4) is 0 Å². The van der Waals surface area contributed by atoms with Crippen LogP contribution in [0.4, 0.5) is 0 Å². The Hall–Kier alpha value is -0.450. The predicted octanol–water partition coefficient (Wildman–Crippen LogP) is 2.20. The first-order chi connectivity index (χ1) is 11.7. The normalized spacial score (nSPS) is 15.7. The molecular weight excluding hydrogens is 449 g/mol. The van der Waals surface area contributed by atoms with Crippen LogP contribution in [-0.2, 0) is 11.2 Å². The Kier molecular flexibility index (Phi) is 11.6. The van der Waals surface area contributed by atoms with Gasteiger partial charge in [0.15, 0.2) is 5.96 Å². The zero-order valence-corrected chi connectivity index (χ0v) is 18.8. The minimum atomic E-state index is 0. The Balaban J connectivity index is 0.00000312. The van der Waals surface area contributed by atoms with Crippen LogP contribution >= 0.6 is 35.3 Å². The maximum absolute atomic E-state index is 5.37. The van der Waals surface area contributed by atoms with Crippen LogP contribution in [0.1, 0.15) is 28.9 Å². The fraction of sp³-hybridized carbons (Fsp3) is 0.765. The third-order valence-corrected chi connectivity index (χ3v) is 5.19. The van der Waals surface area contributed by atoms with E-state index in [0.717, 1.165) is 77.0 Å². The average molecular weight is 481 g/mol. The van der Waals surface area contributed by atoms with E-state index >= 15 is 0 Å². The number of guanidine groups is 1. The molecule has 1 fully saturated rings. The van der Waals surface area contributed by atoms with Crippen molar-refractivity contribution < 1.29 is 4.74 Å². The SMILES string of the molecule is CCNC(=NCCCN1CCOCC1)NCCc1nc(C)c(C)s1.I. The molecule has 0 aromatic carbocycles. The number of hydrogen-bond donors (Lipinski definition) is 2. The molecule has 25 heavy (non-hydrogen) atoms. The summed E-state index contributed by atoms with van der Waals surface area (Å²) >= 11 is 1.79. The largest absolute Gasteiger partial charge is 0.379 e. The second-order valence-corrected chi connectivity index (χ2v) is 7.28. The quantitative estimate of drug-likeness (QED) is 0.258. The average Bonchev–Trinajstić information content (AvgIpc) is 2.90. The van der Waals surface area contributed by atoms with Gasteiger partial charge in [-0.2, -0.15) is 0 Å². The summed E-state index contributed by atoms with van der Waals surface area (Å²) in [6.07, 6.45) is 2.03. The molecule has 0 spiro atoms. The highest BCUT2D eigenvalue weighted by atomic mass is 127. The molecule has 1 aromatic heterocycles. The van der Waals surface area contributed by atoms with Crippen LogP contribution in [0, 0.1) is 13.8 Å². The smallest absolute Gasteiger partial charge is 0.191 e. The highest BCUT2D eigenvalue weighted by molar-refractivity contribution is 14.0. The summed E-state index contributed by atoms with van der Waals surface area (Å²) in [5, 5.41) is 7.92. The third-order valence-electron chi connectivity index (χ3n) is 4.05. The number of nitrogens with zero attached hydrogens (tertiary/aromatic N) is 3. The number of morpholine rings is 1. The molecular formula is C17H32IN5OS. The predicted molar refractivity (Wildman–Crippen MR) is 117 cm³/mol. The van der Waals surface area contributed by atoms with Crippen molar-refractivity contribution in [1.82, 2.24) is 20.5 Å². The van der Waals surface area contributed by atoms with Crippen LogP contribution in [-0.4, -0.2) is 68.3 Å². The van der Waals surface area contributed by atoms with Crippen LogP contribution < -0.4 is 10.6 Å². The number of halogens is 1. The van der Waals surface area contributed by atoms with Crippen LogP contribution in [0.25, 0.3) is 0 Å². The topological polar surface area (TPSA) is 61.8 Å². The molecule has 2 rings (SSSR count). The molecule has 1 aliphatic rings. The van der Waals surface area contributed by atoms with E-state index in [-0.39, 0.29) is 24.0 Å². The molecule has 0 radical (unpaired) electrons. The molecule has 1 aliphatic heterocycles. The molecule has 0 bridgehead atoms. The van der Waals surface area contributed by atoms with Crippen molar-refractivity contribution in [3.05, 3.63) is 15.6 Å². The monoisotopic (exact) mass is 481 g/mol. The van der Waals surface area contributed by atoms with Gasteiger partial charge in [-0.3, -0.25) is 9.89 Å². The summed E-state index contributed by atoms with van der Waals surface area (Å²) in [6.45, 7) is 13.8. The maximum Gasteiger partial charge on any atom is 0.191 e. The second kappa shape index (κ2) is 12.8. The summed E-state index contributed by atoms with van der Waals surface area (Å²) in [4.78, 5) is 13.0. The van der Waals surface area contributed by atoms with Crippen LogP contribution in [0.15, 0.2) is 4.99 Å². The van der Waals surface area contributed by atoms with Crippen LogP contribution in [0.5, 0.6) is 0 Å². The van der Waals surface area contributed by atoms with Crippen LogP contribution in [0.2, 0.25) is 0 Å². The first-order valence-corrected chi connectivity index (χ1v) is 9.76. The number of thiazole rings is 1. The fourth-order valence-corrected chi connectivity index (χ4v) is 3.52. The molecule has 0 aliphatic carbocycles. The van der Waals surface area contributed by atoms with Crippen LogP contribution in [0.3, 0.4) is 0 Å². The molecule has 2 heterocycles. The van der Waals surface area contributed by atoms with Crippen molar-refractivity contribution >= 4 is 41.3 Å². The molecule has 1 aromatic rings. The van der Waals surface area contributed by atoms with Crippen molar-refractivity contribution in [2.75, 3.05) is 52.5 Å². The number of rotatable bonds is 8. The lowest BCUT2D eigenvalue weighted by Crippen LogP contribution is -2.39.